The van der Waals surface area contributed by atoms with Crippen molar-refractivity contribution in [2.45, 2.75) is 90.2 Å². The fraction of sp³-hybridized carbons (Fsp3) is 0.607. The lowest BCUT2D eigenvalue weighted by atomic mass is 9.89. The van der Waals surface area contributed by atoms with Crippen molar-refractivity contribution in [2.75, 3.05) is 11.9 Å². The quantitative estimate of drug-likeness (QED) is 0.339. The number of carbonyl (C=O) groups excluding carboxylic acids is 1. The van der Waals surface area contributed by atoms with E-state index in [2.05, 4.69) is 20.0 Å². The molecule has 2 heterocycles. The lowest BCUT2D eigenvalue weighted by Gasteiger charge is -2.24. The molecule has 2 aliphatic rings. The van der Waals surface area contributed by atoms with E-state index in [9.17, 15) is 26.7 Å². The summed E-state index contributed by atoms with van der Waals surface area (Å²) in [5.41, 5.74) is 1.29. The third-order valence-corrected chi connectivity index (χ3v) is 7.56. The predicted octanol–water partition coefficient (Wildman–Crippen LogP) is 7.29. The summed E-state index contributed by atoms with van der Waals surface area (Å²) < 4.78 is 72.4. The number of rotatable bonds is 9. The van der Waals surface area contributed by atoms with Gasteiger partial charge in [0.15, 0.2) is 0 Å². The molecule has 0 amide bonds. The van der Waals surface area contributed by atoms with Crippen molar-refractivity contribution in [1.29, 1.82) is 0 Å². The van der Waals surface area contributed by atoms with Gasteiger partial charge in [0.1, 0.15) is 23.2 Å². The van der Waals surface area contributed by atoms with Crippen LogP contribution < -0.4 is 5.32 Å². The molecule has 3 atom stereocenters. The molecule has 2 unspecified atom stereocenters. The van der Waals surface area contributed by atoms with Crippen molar-refractivity contribution in [2.24, 2.45) is 11.8 Å². The van der Waals surface area contributed by atoms with Gasteiger partial charge in [-0.3, -0.25) is 4.79 Å². The monoisotopic (exact) mass is 539 g/mol. The number of halogens is 5. The summed E-state index contributed by atoms with van der Waals surface area (Å²) in [4.78, 5) is 21.8. The number of Topliss-reactive ketones (excluding diaryl/α,β-unsaturated/α-hetero) is 1. The van der Waals surface area contributed by atoms with Crippen LogP contribution in [0.5, 0.6) is 0 Å². The van der Waals surface area contributed by atoms with E-state index in [-0.39, 0.29) is 36.2 Å². The largest absolute Gasteiger partial charge is 0.363 e. The van der Waals surface area contributed by atoms with Crippen LogP contribution in [0.2, 0.25) is 0 Å². The van der Waals surface area contributed by atoms with Crippen molar-refractivity contribution in [3.05, 3.63) is 52.2 Å². The molecule has 1 aliphatic carbocycles. The van der Waals surface area contributed by atoms with Gasteiger partial charge in [-0.1, -0.05) is 18.2 Å². The van der Waals surface area contributed by atoms with Crippen LogP contribution in [-0.2, 0) is 22.4 Å². The van der Waals surface area contributed by atoms with Gasteiger partial charge in [0.25, 0.3) is 6.43 Å². The Bertz CT molecular complexity index is 1130. The first-order valence-electron chi connectivity index (χ1n) is 13.2. The highest BCUT2D eigenvalue weighted by Gasteiger charge is 2.33. The minimum atomic E-state index is -3.07. The molecule has 0 radical (unpaired) electrons. The van der Waals surface area contributed by atoms with Gasteiger partial charge in [-0.2, -0.15) is 8.78 Å². The number of ether oxygens (including phenoxy) is 1. The molecule has 0 saturated carbocycles. The average Bonchev–Trinajstić information content (AvgIpc) is 3.24. The van der Waals surface area contributed by atoms with Crippen molar-refractivity contribution < 1.29 is 31.5 Å². The molecule has 4 rings (SSSR count). The zero-order chi connectivity index (χ0) is 27.4. The molecule has 1 aliphatic heterocycles. The van der Waals surface area contributed by atoms with Gasteiger partial charge in [-0.05, 0) is 64.2 Å². The molecule has 208 valence electrons. The van der Waals surface area contributed by atoms with E-state index < -0.39 is 30.0 Å². The number of nitrogens with zero attached hydrogens (tertiary/aromatic N) is 2. The van der Waals surface area contributed by atoms with Crippen LogP contribution in [0, 0.1) is 24.6 Å². The van der Waals surface area contributed by atoms with Gasteiger partial charge in [0.2, 0.25) is 0 Å². The molecule has 1 saturated heterocycles. The van der Waals surface area contributed by atoms with Crippen LogP contribution in [0.1, 0.15) is 92.5 Å². The Morgan fingerprint density at radius 2 is 1.92 bits per heavy atom. The number of anilines is 1. The van der Waals surface area contributed by atoms with Gasteiger partial charge < -0.3 is 10.1 Å². The summed E-state index contributed by atoms with van der Waals surface area (Å²) >= 11 is 0. The number of aryl methyl sites for hydroxylation is 1. The second-order valence-electron chi connectivity index (χ2n) is 10.6. The minimum absolute atomic E-state index is 0.0363. The fourth-order valence-electron chi connectivity index (χ4n) is 5.53. The van der Waals surface area contributed by atoms with Crippen LogP contribution in [0.3, 0.4) is 0 Å². The Morgan fingerprint density at radius 3 is 2.68 bits per heavy atom. The summed E-state index contributed by atoms with van der Waals surface area (Å²) in [5.74, 6) is 0.567. The first-order chi connectivity index (χ1) is 18.0. The van der Waals surface area contributed by atoms with Gasteiger partial charge in [0, 0.05) is 36.1 Å². The topological polar surface area (TPSA) is 64.1 Å². The Kier molecular flexibility index (Phi) is 9.00. The summed E-state index contributed by atoms with van der Waals surface area (Å²) in [6.45, 7) is 3.43. The van der Waals surface area contributed by atoms with Crippen molar-refractivity contribution >= 4 is 11.6 Å². The van der Waals surface area contributed by atoms with Crippen LogP contribution >= 0.6 is 0 Å². The molecule has 2 aromatic rings. The normalized spacial score (nSPS) is 22.0. The van der Waals surface area contributed by atoms with Crippen LogP contribution in [-0.4, -0.2) is 28.5 Å². The lowest BCUT2D eigenvalue weighted by molar-refractivity contribution is -0.248. The third-order valence-electron chi connectivity index (χ3n) is 7.56. The zero-order valence-corrected chi connectivity index (χ0v) is 21.7. The summed E-state index contributed by atoms with van der Waals surface area (Å²) in [5, 5.41) is 3.19. The van der Waals surface area contributed by atoms with Gasteiger partial charge in [-0.15, -0.1) is 0 Å². The third kappa shape index (κ3) is 7.07. The maximum atomic E-state index is 14.7. The molecule has 0 spiro atoms. The van der Waals surface area contributed by atoms with Gasteiger partial charge in [0.05, 0.1) is 18.2 Å². The smallest absolute Gasteiger partial charge is 0.355 e. The van der Waals surface area contributed by atoms with E-state index in [1.807, 2.05) is 0 Å². The van der Waals surface area contributed by atoms with Gasteiger partial charge in [-0.25, -0.2) is 23.1 Å². The summed E-state index contributed by atoms with van der Waals surface area (Å²) in [6, 6.07) is 3.38. The van der Waals surface area contributed by atoms with Crippen LogP contribution in [0.4, 0.5) is 27.8 Å². The second kappa shape index (κ2) is 12.1. The number of ketones is 1. The first-order valence-corrected chi connectivity index (χ1v) is 13.2. The molecule has 1 aromatic heterocycles. The van der Waals surface area contributed by atoms with Crippen molar-refractivity contribution in [1.82, 2.24) is 9.97 Å². The minimum Gasteiger partial charge on any atom is -0.363 e. The molecule has 1 aromatic carbocycles. The Balaban J connectivity index is 1.34. The van der Waals surface area contributed by atoms with Crippen LogP contribution in [0.15, 0.2) is 18.2 Å². The Labute approximate surface area is 219 Å². The molecular formula is C28H34F5N3O2. The highest BCUT2D eigenvalue weighted by Crippen LogP contribution is 2.36. The highest BCUT2D eigenvalue weighted by atomic mass is 19.3. The number of alkyl halides is 4. The van der Waals surface area contributed by atoms with E-state index in [4.69, 9.17) is 0 Å². The molecule has 1 fully saturated rings. The van der Waals surface area contributed by atoms with Crippen molar-refractivity contribution in [3.63, 3.8) is 0 Å². The number of nitrogens with one attached hydrogen (secondary N) is 1. The summed E-state index contributed by atoms with van der Waals surface area (Å²) in [7, 11) is 0. The highest BCUT2D eigenvalue weighted by molar-refractivity contribution is 5.78. The lowest BCUT2D eigenvalue weighted by Crippen LogP contribution is -2.26. The summed E-state index contributed by atoms with van der Waals surface area (Å²) in [6.07, 6.45) is -2.07. The molecular weight excluding hydrogens is 505 g/mol. The van der Waals surface area contributed by atoms with Crippen LogP contribution in [0.25, 0.3) is 0 Å². The SMILES string of the molecule is Cc1nc2c(c(N[C@H](C)c3cccc(C(F)F)c3F)n1)CC(CCC(=O)CC1CCCC(F)(F)OCC1)C2. The number of hydrogen-bond acceptors (Lipinski definition) is 5. The van der Waals surface area contributed by atoms with E-state index >= 15 is 0 Å². The Morgan fingerprint density at radius 1 is 1.16 bits per heavy atom. The number of fused-ring (bicyclic) bond motifs is 1. The van der Waals surface area contributed by atoms with E-state index in [0.717, 1.165) is 17.3 Å². The predicted molar refractivity (Wildman–Crippen MR) is 133 cm³/mol. The first kappa shape index (κ1) is 28.4. The number of aromatic nitrogens is 2. The average molecular weight is 540 g/mol. The molecule has 5 nitrogen and oxygen atoms in total. The molecule has 38 heavy (non-hydrogen) atoms. The van der Waals surface area contributed by atoms with E-state index in [1.165, 1.54) is 12.1 Å². The zero-order valence-electron chi connectivity index (χ0n) is 21.7. The number of hydrogen-bond donors (Lipinski definition) is 1. The fourth-order valence-corrected chi connectivity index (χ4v) is 5.53. The number of benzene rings is 1. The van der Waals surface area contributed by atoms with E-state index in [0.29, 0.717) is 63.0 Å². The maximum Gasteiger partial charge on any atom is 0.355 e. The number of carbonyl (C=O) groups is 1. The molecule has 1 N–H and O–H groups in total. The van der Waals surface area contributed by atoms with Crippen molar-refractivity contribution in [3.8, 4) is 0 Å². The molecule has 10 heteroatoms. The standard InChI is InChI=1S/C28H34F5N3O2/c1-16(21-6-3-7-22(25(21)29)26(30)31)34-27-23-14-19(15-24(23)35-17(2)36-27)8-9-20(37)13-18-5-4-11-28(32,33)38-12-10-18/h3,6-7,16,18-19,26H,4-5,8-15H2,1-2H3,(H,34,35,36)/t16-,18?,19?/m1/s1. The van der Waals surface area contributed by atoms with E-state index in [1.54, 1.807) is 13.8 Å². The second-order valence-corrected chi connectivity index (χ2v) is 10.6. The Hall–Kier alpha value is -2.62. The maximum absolute atomic E-state index is 14.7. The van der Waals surface area contributed by atoms with Gasteiger partial charge >= 0.3 is 6.11 Å². The molecule has 0 bridgehead atoms.